The minimum Gasteiger partial charge on any atom is -0.389 e. The normalized spacial score (nSPS) is 13.9. The molecule has 0 aliphatic rings. The smallest absolute Gasteiger partial charge is 0.132 e. The van der Waals surface area contributed by atoms with Gasteiger partial charge in [0.2, 0.25) is 0 Å². The molecule has 3 aromatic rings. The summed E-state index contributed by atoms with van der Waals surface area (Å²) < 4.78 is 15.8. The number of benzene rings is 2. The fourth-order valence-corrected chi connectivity index (χ4v) is 4.23. The molecule has 0 saturated heterocycles. The van der Waals surface area contributed by atoms with Crippen LogP contribution >= 0.6 is 0 Å². The molecule has 1 aromatic heterocycles. The maximum Gasteiger partial charge on any atom is 0.132 e. The van der Waals surface area contributed by atoms with Crippen LogP contribution < -0.4 is 0 Å². The van der Waals surface area contributed by atoms with Crippen LogP contribution in [0.25, 0.3) is 28.1 Å². The SMILES string of the molecule is CCC(=O)CC(C)CC(O)/C=C/c1c(-c2ccc(F)cc2)c2ccccc2n1C(C)C. The molecule has 1 heterocycles. The number of fused-ring (bicyclic) bond motifs is 1. The van der Waals surface area contributed by atoms with Crippen molar-refractivity contribution in [2.45, 2.75) is 59.1 Å². The van der Waals surface area contributed by atoms with Crippen LogP contribution in [-0.4, -0.2) is 21.6 Å². The molecule has 0 radical (unpaired) electrons. The lowest BCUT2D eigenvalue weighted by atomic mass is 9.96. The quantitative estimate of drug-likeness (QED) is 0.413. The van der Waals surface area contributed by atoms with Crippen molar-refractivity contribution >= 4 is 22.8 Å². The summed E-state index contributed by atoms with van der Waals surface area (Å²) in [4.78, 5) is 11.7. The molecule has 0 spiro atoms. The van der Waals surface area contributed by atoms with Gasteiger partial charge in [0.15, 0.2) is 0 Å². The number of nitrogens with zero attached hydrogens (tertiary/aromatic N) is 1. The zero-order chi connectivity index (χ0) is 22.5. The summed E-state index contributed by atoms with van der Waals surface area (Å²) >= 11 is 0. The third kappa shape index (κ3) is 5.31. The van der Waals surface area contributed by atoms with Crippen LogP contribution in [0.1, 0.15) is 58.7 Å². The second-order valence-electron chi connectivity index (χ2n) is 8.61. The highest BCUT2D eigenvalue weighted by Gasteiger charge is 2.19. The first-order chi connectivity index (χ1) is 14.8. The molecule has 0 amide bonds. The van der Waals surface area contributed by atoms with E-state index in [9.17, 15) is 14.3 Å². The second kappa shape index (κ2) is 10.1. The van der Waals surface area contributed by atoms with Gasteiger partial charge < -0.3 is 9.67 Å². The van der Waals surface area contributed by atoms with Gasteiger partial charge in [0.05, 0.1) is 6.10 Å². The Hall–Kier alpha value is -2.72. The van der Waals surface area contributed by atoms with Crippen LogP contribution in [0.2, 0.25) is 0 Å². The molecule has 3 nitrogen and oxygen atoms in total. The van der Waals surface area contributed by atoms with Gasteiger partial charge in [0.25, 0.3) is 0 Å². The van der Waals surface area contributed by atoms with Gasteiger partial charge in [0.1, 0.15) is 11.6 Å². The lowest BCUT2D eigenvalue weighted by Crippen LogP contribution is -2.12. The zero-order valence-electron chi connectivity index (χ0n) is 18.8. The number of aliphatic hydroxyl groups excluding tert-OH is 1. The summed E-state index contributed by atoms with van der Waals surface area (Å²) in [6.45, 7) is 8.13. The third-order valence-electron chi connectivity index (χ3n) is 5.69. The molecular weight excluding hydrogens is 389 g/mol. The maximum atomic E-state index is 13.6. The van der Waals surface area contributed by atoms with Crippen LogP contribution in [0.5, 0.6) is 0 Å². The maximum absolute atomic E-state index is 13.6. The number of ketones is 1. The molecule has 164 valence electrons. The molecule has 0 fully saturated rings. The van der Waals surface area contributed by atoms with Crippen LogP contribution in [0, 0.1) is 11.7 Å². The average molecular weight is 422 g/mol. The Labute approximate surface area is 184 Å². The summed E-state index contributed by atoms with van der Waals surface area (Å²) in [6, 6.07) is 15.0. The Morgan fingerprint density at radius 1 is 1.10 bits per heavy atom. The van der Waals surface area contributed by atoms with Crippen LogP contribution in [0.4, 0.5) is 4.39 Å². The van der Waals surface area contributed by atoms with Crippen molar-refractivity contribution in [1.82, 2.24) is 4.57 Å². The second-order valence-corrected chi connectivity index (χ2v) is 8.61. The number of halogens is 1. The standard InChI is InChI=1S/C27H32FNO2/c1-5-22(30)16-19(4)17-23(31)14-15-26-27(20-10-12-21(28)13-11-20)24-8-6-7-9-25(24)29(26)18(2)3/h6-15,18-19,23,31H,5,16-17H2,1-4H3/b15-14+. The fourth-order valence-electron chi connectivity index (χ4n) is 4.23. The number of hydrogen-bond acceptors (Lipinski definition) is 2. The molecule has 3 rings (SSSR count). The molecule has 0 aliphatic heterocycles. The van der Waals surface area contributed by atoms with E-state index in [4.69, 9.17) is 0 Å². The van der Waals surface area contributed by atoms with Crippen molar-refractivity contribution in [3.05, 3.63) is 66.1 Å². The van der Waals surface area contributed by atoms with E-state index in [1.54, 1.807) is 12.1 Å². The number of carbonyl (C=O) groups is 1. The lowest BCUT2D eigenvalue weighted by Gasteiger charge is -2.15. The van der Waals surface area contributed by atoms with Gasteiger partial charge in [-0.25, -0.2) is 4.39 Å². The number of aliphatic hydroxyl groups is 1. The van der Waals surface area contributed by atoms with Crippen molar-refractivity contribution in [3.8, 4) is 11.1 Å². The van der Waals surface area contributed by atoms with E-state index in [-0.39, 0.29) is 23.6 Å². The van der Waals surface area contributed by atoms with E-state index in [0.29, 0.717) is 19.3 Å². The Kier molecular flexibility index (Phi) is 7.45. The fraction of sp³-hybridized carbons (Fsp3) is 0.370. The van der Waals surface area contributed by atoms with Crippen LogP contribution in [0.15, 0.2) is 54.6 Å². The summed E-state index contributed by atoms with van der Waals surface area (Å²) in [5.74, 6) is 0.0845. The largest absolute Gasteiger partial charge is 0.389 e. The summed E-state index contributed by atoms with van der Waals surface area (Å²) in [5.41, 5.74) is 4.06. The highest BCUT2D eigenvalue weighted by Crippen LogP contribution is 2.38. The average Bonchev–Trinajstić information content (AvgIpc) is 3.07. The molecule has 2 aromatic carbocycles. The Balaban J connectivity index is 2.03. The van der Waals surface area contributed by atoms with Gasteiger partial charge in [-0.2, -0.15) is 0 Å². The van der Waals surface area contributed by atoms with E-state index >= 15 is 0 Å². The number of para-hydroxylation sites is 1. The number of aromatic nitrogens is 1. The van der Waals surface area contributed by atoms with Crippen molar-refractivity contribution in [3.63, 3.8) is 0 Å². The minimum atomic E-state index is -0.639. The molecule has 0 saturated carbocycles. The molecule has 4 heteroatoms. The van der Waals surface area contributed by atoms with Gasteiger partial charge in [-0.3, -0.25) is 4.79 Å². The molecule has 1 N–H and O–H groups in total. The molecule has 0 bridgehead atoms. The Morgan fingerprint density at radius 2 is 1.77 bits per heavy atom. The number of hydrogen-bond donors (Lipinski definition) is 1. The van der Waals surface area contributed by atoms with Gasteiger partial charge >= 0.3 is 0 Å². The zero-order valence-corrected chi connectivity index (χ0v) is 18.8. The Morgan fingerprint density at radius 3 is 2.42 bits per heavy atom. The molecule has 2 unspecified atom stereocenters. The third-order valence-corrected chi connectivity index (χ3v) is 5.69. The van der Waals surface area contributed by atoms with Gasteiger partial charge in [-0.1, -0.05) is 50.3 Å². The van der Waals surface area contributed by atoms with E-state index < -0.39 is 6.10 Å². The van der Waals surface area contributed by atoms with Crippen molar-refractivity contribution in [2.75, 3.05) is 0 Å². The predicted octanol–water partition coefficient (Wildman–Crippen LogP) is 6.80. The number of Topliss-reactive ketones (excluding diaryl/α,β-unsaturated/α-hetero) is 1. The highest BCUT2D eigenvalue weighted by molar-refractivity contribution is 6.01. The topological polar surface area (TPSA) is 42.2 Å². The van der Waals surface area contributed by atoms with Crippen LogP contribution in [-0.2, 0) is 4.79 Å². The predicted molar refractivity (Wildman–Crippen MR) is 126 cm³/mol. The van der Waals surface area contributed by atoms with Crippen LogP contribution in [0.3, 0.4) is 0 Å². The van der Waals surface area contributed by atoms with Gasteiger partial charge in [-0.15, -0.1) is 0 Å². The van der Waals surface area contributed by atoms with E-state index in [1.807, 2.05) is 38.1 Å². The van der Waals surface area contributed by atoms with E-state index in [1.165, 1.54) is 12.1 Å². The van der Waals surface area contributed by atoms with Crippen molar-refractivity contribution < 1.29 is 14.3 Å². The number of rotatable bonds is 9. The minimum absolute atomic E-state index is 0.125. The Bertz CT molecular complexity index is 1060. The van der Waals surface area contributed by atoms with Gasteiger partial charge in [0, 0.05) is 41.0 Å². The first-order valence-electron chi connectivity index (χ1n) is 11.1. The van der Waals surface area contributed by atoms with Crippen molar-refractivity contribution in [2.24, 2.45) is 5.92 Å². The molecular formula is C27H32FNO2. The summed E-state index contributed by atoms with van der Waals surface area (Å²) in [6.07, 6.45) is 4.71. The molecule has 0 aliphatic carbocycles. The highest BCUT2D eigenvalue weighted by atomic mass is 19.1. The monoisotopic (exact) mass is 421 g/mol. The number of carbonyl (C=O) groups excluding carboxylic acids is 1. The summed E-state index contributed by atoms with van der Waals surface area (Å²) in [5, 5.41) is 11.7. The van der Waals surface area contributed by atoms with Gasteiger partial charge in [-0.05, 0) is 56.0 Å². The van der Waals surface area contributed by atoms with E-state index in [0.717, 1.165) is 27.7 Å². The molecule has 31 heavy (non-hydrogen) atoms. The summed E-state index contributed by atoms with van der Waals surface area (Å²) in [7, 11) is 0. The molecule has 2 atom stereocenters. The van der Waals surface area contributed by atoms with E-state index in [2.05, 4.69) is 30.5 Å². The first-order valence-corrected chi connectivity index (χ1v) is 11.1. The first kappa shape index (κ1) is 23.0. The van der Waals surface area contributed by atoms with Crippen molar-refractivity contribution in [1.29, 1.82) is 0 Å². The lowest BCUT2D eigenvalue weighted by molar-refractivity contribution is -0.119.